The van der Waals surface area contributed by atoms with Crippen LogP contribution in [0.1, 0.15) is 36.7 Å². The number of pyridine rings is 1. The van der Waals surface area contributed by atoms with Crippen molar-refractivity contribution < 1.29 is 40.1 Å². The third-order valence-electron chi connectivity index (χ3n) is 6.05. The second kappa shape index (κ2) is 10.1. The number of aromatic nitrogens is 3. The highest BCUT2D eigenvalue weighted by molar-refractivity contribution is 5.92. The van der Waals surface area contributed by atoms with Crippen molar-refractivity contribution in [2.24, 2.45) is 5.92 Å². The van der Waals surface area contributed by atoms with E-state index in [4.69, 9.17) is 4.52 Å². The van der Waals surface area contributed by atoms with Crippen LogP contribution in [0, 0.1) is 11.7 Å². The maximum atomic E-state index is 13.5. The number of rotatable bonds is 5. The van der Waals surface area contributed by atoms with Gasteiger partial charge in [0.1, 0.15) is 5.82 Å². The lowest BCUT2D eigenvalue weighted by atomic mass is 9.90. The summed E-state index contributed by atoms with van der Waals surface area (Å²) >= 11 is 0. The molecule has 0 bridgehead atoms. The van der Waals surface area contributed by atoms with E-state index in [0.29, 0.717) is 37.7 Å². The number of likely N-dealkylation sites (tertiary alicyclic amines) is 1. The Morgan fingerprint density at radius 1 is 1.14 bits per heavy atom. The molecule has 1 saturated heterocycles. The van der Waals surface area contributed by atoms with E-state index in [1.54, 1.807) is 0 Å². The molecule has 1 fully saturated rings. The molecular formula is C23H20F7N5O2. The molecule has 4 rings (SSSR count). The van der Waals surface area contributed by atoms with Crippen LogP contribution in [-0.2, 0) is 23.7 Å². The van der Waals surface area contributed by atoms with Gasteiger partial charge in [-0.3, -0.25) is 14.7 Å². The van der Waals surface area contributed by atoms with Gasteiger partial charge in [-0.25, -0.2) is 4.39 Å². The number of nitrogens with zero attached hydrogens (tertiary/aromatic N) is 4. The molecule has 14 heteroatoms. The molecule has 1 N–H and O–H groups in total. The lowest BCUT2D eigenvalue weighted by molar-refractivity contribution is -0.140. The van der Waals surface area contributed by atoms with Crippen molar-refractivity contribution in [3.05, 3.63) is 59.4 Å². The van der Waals surface area contributed by atoms with Crippen molar-refractivity contribution in [2.45, 2.75) is 44.7 Å². The third-order valence-corrected chi connectivity index (χ3v) is 6.05. The second-order valence-corrected chi connectivity index (χ2v) is 8.70. The zero-order chi connectivity index (χ0) is 27.0. The van der Waals surface area contributed by atoms with Gasteiger partial charge in [-0.15, -0.1) is 0 Å². The fourth-order valence-corrected chi connectivity index (χ4v) is 4.09. The molecule has 1 aromatic carbocycles. The van der Waals surface area contributed by atoms with Gasteiger partial charge in [-0.05, 0) is 50.6 Å². The minimum atomic E-state index is -4.88. The quantitative estimate of drug-likeness (QED) is 0.435. The molecule has 0 aliphatic carbocycles. The average Bonchev–Trinajstić information content (AvgIpc) is 3.28. The summed E-state index contributed by atoms with van der Waals surface area (Å²) < 4.78 is 96.2. The Bertz CT molecular complexity index is 1270. The van der Waals surface area contributed by atoms with Gasteiger partial charge in [-0.1, -0.05) is 5.16 Å². The molecule has 1 aliphatic heterocycles. The zero-order valence-corrected chi connectivity index (χ0v) is 19.2. The van der Waals surface area contributed by atoms with E-state index in [9.17, 15) is 35.5 Å². The Kier molecular flexibility index (Phi) is 7.22. The molecule has 0 spiro atoms. The number of nitrogens with one attached hydrogen (secondary N) is 1. The first kappa shape index (κ1) is 26.5. The first-order valence-electron chi connectivity index (χ1n) is 11.1. The number of alkyl halides is 6. The van der Waals surface area contributed by atoms with E-state index >= 15 is 0 Å². The third kappa shape index (κ3) is 6.24. The van der Waals surface area contributed by atoms with Gasteiger partial charge in [0.15, 0.2) is 5.82 Å². The zero-order valence-electron chi connectivity index (χ0n) is 19.2. The fraction of sp³-hybridized carbons (Fsp3) is 0.391. The maximum Gasteiger partial charge on any atom is 0.419 e. The second-order valence-electron chi connectivity index (χ2n) is 8.70. The van der Waals surface area contributed by atoms with Gasteiger partial charge in [-0.2, -0.15) is 31.3 Å². The summed E-state index contributed by atoms with van der Waals surface area (Å²) in [6.45, 7) is 2.46. The minimum absolute atomic E-state index is 0.0521. The minimum Gasteiger partial charge on any atom is -0.334 e. The summed E-state index contributed by atoms with van der Waals surface area (Å²) in [5.74, 6) is -2.30. The van der Waals surface area contributed by atoms with Crippen molar-refractivity contribution >= 4 is 11.6 Å². The number of hydrogen-bond donors (Lipinski definition) is 1. The SMILES string of the molecule is CC1CC(C(=O)Nc2cncc(C(F)(F)F)c2)CCN1Cc1noc(-c2ccc(F)c(C(F)(F)F)c2)n1. The Labute approximate surface area is 205 Å². The number of hydrogen-bond acceptors (Lipinski definition) is 6. The Morgan fingerprint density at radius 2 is 1.89 bits per heavy atom. The van der Waals surface area contributed by atoms with E-state index in [2.05, 4.69) is 20.4 Å². The number of amides is 1. The van der Waals surface area contributed by atoms with Crippen LogP contribution in [0.25, 0.3) is 11.5 Å². The van der Waals surface area contributed by atoms with Crippen LogP contribution in [0.4, 0.5) is 36.4 Å². The highest BCUT2D eigenvalue weighted by Crippen LogP contribution is 2.34. The standard InChI is InChI=1S/C23H20F7N5O2/c1-12-6-13(20(36)32-16-8-15(9-31-10-16)22(25,26)27)4-5-35(12)11-19-33-21(37-34-19)14-2-3-18(24)17(7-14)23(28,29)30/h2-3,7-10,12-13H,4-6,11H2,1H3,(H,32,36). The van der Waals surface area contributed by atoms with Crippen molar-refractivity contribution in [2.75, 3.05) is 11.9 Å². The predicted molar refractivity (Wildman–Crippen MR) is 115 cm³/mol. The molecule has 3 heterocycles. The summed E-state index contributed by atoms with van der Waals surface area (Å²) in [7, 11) is 0. The first-order chi connectivity index (χ1) is 17.3. The van der Waals surface area contributed by atoms with Crippen molar-refractivity contribution in [1.82, 2.24) is 20.0 Å². The number of carbonyl (C=O) groups excluding carboxylic acids is 1. The number of piperidine rings is 1. The van der Waals surface area contributed by atoms with Gasteiger partial charge in [0, 0.05) is 23.7 Å². The molecule has 2 unspecified atom stereocenters. The van der Waals surface area contributed by atoms with Crippen LogP contribution < -0.4 is 5.32 Å². The van der Waals surface area contributed by atoms with Crippen LogP contribution in [0.3, 0.4) is 0 Å². The van der Waals surface area contributed by atoms with Crippen molar-refractivity contribution in [1.29, 1.82) is 0 Å². The Balaban J connectivity index is 1.37. The van der Waals surface area contributed by atoms with Crippen molar-refractivity contribution in [3.8, 4) is 11.5 Å². The molecule has 2 aromatic heterocycles. The van der Waals surface area contributed by atoms with E-state index < -0.39 is 41.1 Å². The van der Waals surface area contributed by atoms with Gasteiger partial charge >= 0.3 is 12.4 Å². The fourth-order valence-electron chi connectivity index (χ4n) is 4.09. The topological polar surface area (TPSA) is 84.2 Å². The maximum absolute atomic E-state index is 13.5. The summed E-state index contributed by atoms with van der Waals surface area (Å²) in [6, 6.07) is 3.05. The van der Waals surface area contributed by atoms with E-state index in [1.807, 2.05) is 11.8 Å². The summed E-state index contributed by atoms with van der Waals surface area (Å²) in [5, 5.41) is 6.28. The lowest BCUT2D eigenvalue weighted by Crippen LogP contribution is -2.43. The molecular weight excluding hydrogens is 511 g/mol. The van der Waals surface area contributed by atoms with Gasteiger partial charge in [0.05, 0.1) is 29.6 Å². The highest BCUT2D eigenvalue weighted by Gasteiger charge is 2.35. The van der Waals surface area contributed by atoms with Crippen molar-refractivity contribution in [3.63, 3.8) is 0 Å². The summed E-state index contributed by atoms with van der Waals surface area (Å²) in [4.78, 5) is 22.2. The molecule has 1 aliphatic rings. The number of anilines is 1. The normalized spacial score (nSPS) is 19.1. The van der Waals surface area contributed by atoms with Gasteiger partial charge in [0.2, 0.25) is 5.91 Å². The van der Waals surface area contributed by atoms with Gasteiger partial charge in [0.25, 0.3) is 5.89 Å². The highest BCUT2D eigenvalue weighted by atomic mass is 19.4. The average molecular weight is 531 g/mol. The predicted octanol–water partition coefficient (Wildman–Crippen LogP) is 5.55. The molecule has 3 aromatic rings. The summed E-state index contributed by atoms with van der Waals surface area (Å²) in [5.41, 5.74) is -2.55. The molecule has 2 atom stereocenters. The Morgan fingerprint density at radius 3 is 2.57 bits per heavy atom. The molecule has 1 amide bonds. The summed E-state index contributed by atoms with van der Waals surface area (Å²) in [6.07, 6.45) is -6.86. The van der Waals surface area contributed by atoms with E-state index in [0.717, 1.165) is 18.3 Å². The van der Waals surface area contributed by atoms with Crippen LogP contribution in [0.5, 0.6) is 0 Å². The molecule has 198 valence electrons. The van der Waals surface area contributed by atoms with Crippen LogP contribution in [-0.4, -0.2) is 38.5 Å². The molecule has 0 radical (unpaired) electrons. The Hall–Kier alpha value is -3.55. The number of carbonyl (C=O) groups is 1. The molecule has 7 nitrogen and oxygen atoms in total. The van der Waals surface area contributed by atoms with Crippen LogP contribution >= 0.6 is 0 Å². The van der Waals surface area contributed by atoms with Crippen LogP contribution in [0.2, 0.25) is 0 Å². The molecule has 37 heavy (non-hydrogen) atoms. The van der Waals surface area contributed by atoms with Crippen LogP contribution in [0.15, 0.2) is 41.2 Å². The van der Waals surface area contributed by atoms with E-state index in [1.165, 1.54) is 0 Å². The van der Waals surface area contributed by atoms with Gasteiger partial charge < -0.3 is 9.84 Å². The lowest BCUT2D eigenvalue weighted by Gasteiger charge is -2.36. The number of benzene rings is 1. The number of halogens is 7. The molecule has 0 saturated carbocycles. The van der Waals surface area contributed by atoms with E-state index in [-0.39, 0.29) is 35.6 Å². The smallest absolute Gasteiger partial charge is 0.334 e. The monoisotopic (exact) mass is 531 g/mol. The largest absolute Gasteiger partial charge is 0.419 e. The first-order valence-corrected chi connectivity index (χ1v) is 11.1.